The Balaban J connectivity index is 6.38. The highest BCUT2D eigenvalue weighted by Gasteiger charge is 2.34. The van der Waals surface area contributed by atoms with Crippen molar-refractivity contribution in [1.29, 1.82) is 0 Å². The summed E-state index contributed by atoms with van der Waals surface area (Å²) in [6.45, 7) is 1.29. The Hall–Kier alpha value is -6.45. The molecule has 0 rings (SSSR count). The minimum Gasteiger partial charge on any atom is -0.481 e. The average Bonchev–Trinajstić information content (AvgIpc) is 3.15. The molecule has 0 heterocycles. The third-order valence-electron chi connectivity index (χ3n) is 8.19. The van der Waals surface area contributed by atoms with Gasteiger partial charge in [-0.3, -0.25) is 57.9 Å². The SMILES string of the molecule is CSCC[C@H](NC(=O)[C@H](CC(N)=O)NC(=O)[C@@H](N)CCCN=C(N)N)C(=O)N[C@@H](CC(=O)O)C(=O)N[C@@H](CCC(=O)O)C(=O)N[C@@H](CCCN=C(N)N)C(=O)N[C@@H](C)C(=O)O. The van der Waals surface area contributed by atoms with Crippen LogP contribution in [0.15, 0.2) is 9.98 Å². The van der Waals surface area contributed by atoms with Gasteiger partial charge in [0.25, 0.3) is 0 Å². The first-order chi connectivity index (χ1) is 28.5. The second-order valence-electron chi connectivity index (χ2n) is 13.4. The van der Waals surface area contributed by atoms with E-state index in [0.717, 1.165) is 6.92 Å². The van der Waals surface area contributed by atoms with Gasteiger partial charge in [-0.15, -0.1) is 0 Å². The molecule has 344 valence electrons. The molecule has 61 heavy (non-hydrogen) atoms. The Labute approximate surface area is 354 Å². The molecule has 7 atom stereocenters. The fourth-order valence-electron chi connectivity index (χ4n) is 5.00. The van der Waals surface area contributed by atoms with Gasteiger partial charge >= 0.3 is 17.9 Å². The van der Waals surface area contributed by atoms with Gasteiger partial charge in [0.1, 0.15) is 36.3 Å². The molecule has 0 fully saturated rings. The summed E-state index contributed by atoms with van der Waals surface area (Å²) in [5.41, 5.74) is 32.4. The van der Waals surface area contributed by atoms with Gasteiger partial charge in [0, 0.05) is 19.5 Å². The lowest BCUT2D eigenvalue weighted by Crippen LogP contribution is -2.60. The Morgan fingerprint density at radius 1 is 0.541 bits per heavy atom. The molecule has 0 aromatic carbocycles. The van der Waals surface area contributed by atoms with Crippen molar-refractivity contribution in [2.45, 2.75) is 107 Å². The quantitative estimate of drug-likeness (QED) is 0.0175. The number of hydrogen-bond donors (Lipinski definition) is 15. The number of guanidine groups is 2. The van der Waals surface area contributed by atoms with Crippen LogP contribution in [0.3, 0.4) is 0 Å². The highest BCUT2D eigenvalue weighted by Crippen LogP contribution is 2.08. The summed E-state index contributed by atoms with van der Waals surface area (Å²) >= 11 is 1.24. The molecule has 0 aliphatic rings. The summed E-state index contributed by atoms with van der Waals surface area (Å²) in [5, 5.41) is 41.7. The maximum atomic E-state index is 13.6. The van der Waals surface area contributed by atoms with Crippen LogP contribution in [0.5, 0.6) is 0 Å². The molecular formula is C33H58N14O13S. The van der Waals surface area contributed by atoms with Gasteiger partial charge in [-0.25, -0.2) is 0 Å². The van der Waals surface area contributed by atoms with Gasteiger partial charge in [-0.1, -0.05) is 0 Å². The Morgan fingerprint density at radius 2 is 0.951 bits per heavy atom. The number of hydrogen-bond acceptors (Lipinski definition) is 14. The minimum absolute atomic E-state index is 0.0119. The number of nitrogens with two attached hydrogens (primary N) is 6. The van der Waals surface area contributed by atoms with Crippen LogP contribution in [0, 0.1) is 0 Å². The lowest BCUT2D eigenvalue weighted by molar-refractivity contribution is -0.142. The number of nitrogens with one attached hydrogen (secondary N) is 6. The Bertz CT molecular complexity index is 1620. The highest BCUT2D eigenvalue weighted by atomic mass is 32.2. The number of nitrogens with zero attached hydrogens (tertiary/aromatic N) is 2. The number of carbonyl (C=O) groups is 10. The monoisotopic (exact) mass is 890 g/mol. The van der Waals surface area contributed by atoms with E-state index in [1.165, 1.54) is 11.8 Å². The van der Waals surface area contributed by atoms with Crippen molar-refractivity contribution in [2.75, 3.05) is 25.1 Å². The van der Waals surface area contributed by atoms with Gasteiger partial charge in [-0.05, 0) is 57.5 Å². The standard InChI is InChI=1S/C33H58N14O13S/c1-15(31(59)60)42-26(54)17(6-4-11-41-33(38)39)43-27(55)18(7-8-23(49)50)44-30(58)21(14-24(51)52)47-28(56)19(9-12-61-2)45-29(57)20(13-22(35)48)46-25(53)16(34)5-3-10-40-32(36)37/h15-21H,3-14,34H2,1-2H3,(H2,35,48)(H,42,54)(H,43,55)(H,44,58)(H,45,57)(H,46,53)(H,47,56)(H,49,50)(H,51,52)(H,59,60)(H4,36,37,40)(H4,38,39,41)/t15-,16-,17-,18-,19-,20-,21-/m0/s1. The predicted molar refractivity (Wildman–Crippen MR) is 219 cm³/mol. The minimum atomic E-state index is -1.95. The first-order valence-electron chi connectivity index (χ1n) is 18.6. The largest absolute Gasteiger partial charge is 0.481 e. The zero-order chi connectivity index (χ0) is 46.8. The molecule has 0 spiro atoms. The number of thioether (sulfide) groups is 1. The zero-order valence-corrected chi connectivity index (χ0v) is 34.5. The van der Waals surface area contributed by atoms with Crippen molar-refractivity contribution in [1.82, 2.24) is 31.9 Å². The molecule has 0 aliphatic heterocycles. The lowest BCUT2D eigenvalue weighted by atomic mass is 10.1. The van der Waals surface area contributed by atoms with Crippen molar-refractivity contribution >= 4 is 82.9 Å². The second kappa shape index (κ2) is 28.9. The molecule has 28 heteroatoms. The molecule has 21 N–H and O–H groups in total. The van der Waals surface area contributed by atoms with Crippen LogP contribution >= 0.6 is 11.8 Å². The number of aliphatic imine (C=N–C) groups is 2. The van der Waals surface area contributed by atoms with Crippen LogP contribution in [0.1, 0.15) is 64.7 Å². The number of aliphatic carboxylic acids is 3. The molecule has 27 nitrogen and oxygen atoms in total. The highest BCUT2D eigenvalue weighted by molar-refractivity contribution is 7.98. The maximum Gasteiger partial charge on any atom is 0.325 e. The lowest BCUT2D eigenvalue weighted by Gasteiger charge is -2.27. The van der Waals surface area contributed by atoms with E-state index in [4.69, 9.17) is 34.4 Å². The maximum absolute atomic E-state index is 13.6. The molecule has 0 aliphatic carbocycles. The molecule has 0 bridgehead atoms. The fraction of sp³-hybridized carbons (Fsp3) is 0.636. The number of carbonyl (C=O) groups excluding carboxylic acids is 7. The van der Waals surface area contributed by atoms with E-state index in [-0.39, 0.29) is 62.9 Å². The summed E-state index contributed by atoms with van der Waals surface area (Å²) in [6.07, 6.45) is -1.34. The van der Waals surface area contributed by atoms with E-state index in [1.54, 1.807) is 6.26 Å². The van der Waals surface area contributed by atoms with Crippen LogP contribution in [-0.2, 0) is 47.9 Å². The van der Waals surface area contributed by atoms with E-state index in [0.29, 0.717) is 0 Å². The Kier molecular flexibility index (Phi) is 25.8. The van der Waals surface area contributed by atoms with E-state index >= 15 is 0 Å². The number of carboxylic acid groups (broad SMARTS) is 3. The van der Waals surface area contributed by atoms with Crippen LogP contribution in [-0.4, -0.2) is 154 Å². The molecule has 0 unspecified atom stereocenters. The number of amides is 7. The van der Waals surface area contributed by atoms with Gasteiger partial charge in [0.15, 0.2) is 11.9 Å². The third kappa shape index (κ3) is 24.3. The summed E-state index contributed by atoms with van der Waals surface area (Å²) in [6, 6.07) is -10.9. The van der Waals surface area contributed by atoms with Crippen molar-refractivity contribution in [2.24, 2.45) is 44.4 Å². The fourth-order valence-corrected chi connectivity index (χ4v) is 5.47. The molecule has 0 radical (unpaired) electrons. The number of primary amides is 1. The van der Waals surface area contributed by atoms with Gasteiger partial charge in [-0.2, -0.15) is 11.8 Å². The second-order valence-corrected chi connectivity index (χ2v) is 14.3. The molecule has 0 aromatic heterocycles. The molecule has 0 saturated heterocycles. The van der Waals surface area contributed by atoms with Crippen molar-refractivity contribution in [3.63, 3.8) is 0 Å². The smallest absolute Gasteiger partial charge is 0.325 e. The van der Waals surface area contributed by atoms with Crippen LogP contribution < -0.4 is 66.3 Å². The average molecular weight is 891 g/mol. The van der Waals surface area contributed by atoms with Crippen molar-refractivity contribution in [3.8, 4) is 0 Å². The summed E-state index contributed by atoms with van der Waals surface area (Å²) in [5.74, 6) is -12.1. The zero-order valence-electron chi connectivity index (χ0n) is 33.7. The molecule has 0 aromatic rings. The van der Waals surface area contributed by atoms with E-state index in [9.17, 15) is 63.3 Å². The van der Waals surface area contributed by atoms with Gasteiger partial charge in [0.05, 0.1) is 18.9 Å². The van der Waals surface area contributed by atoms with Crippen LogP contribution in [0.4, 0.5) is 0 Å². The first-order valence-corrected chi connectivity index (χ1v) is 20.0. The Morgan fingerprint density at radius 3 is 1.39 bits per heavy atom. The summed E-state index contributed by atoms with van der Waals surface area (Å²) in [4.78, 5) is 134. The van der Waals surface area contributed by atoms with Gasteiger partial charge in [0.2, 0.25) is 41.4 Å². The normalized spacial score (nSPS) is 14.1. The third-order valence-corrected chi connectivity index (χ3v) is 8.83. The van der Waals surface area contributed by atoms with Crippen molar-refractivity contribution < 1.29 is 63.3 Å². The van der Waals surface area contributed by atoms with E-state index in [1.807, 2.05) is 0 Å². The number of rotatable bonds is 31. The molecular weight excluding hydrogens is 833 g/mol. The van der Waals surface area contributed by atoms with Crippen molar-refractivity contribution in [3.05, 3.63) is 0 Å². The number of carboxylic acids is 3. The van der Waals surface area contributed by atoms with Crippen LogP contribution in [0.25, 0.3) is 0 Å². The van der Waals surface area contributed by atoms with Crippen LogP contribution in [0.2, 0.25) is 0 Å². The van der Waals surface area contributed by atoms with E-state index < -0.39 is 127 Å². The molecule has 0 saturated carbocycles. The first kappa shape index (κ1) is 54.6. The summed E-state index contributed by atoms with van der Waals surface area (Å²) < 4.78 is 0. The molecule has 7 amide bonds. The van der Waals surface area contributed by atoms with E-state index in [2.05, 4.69) is 41.9 Å². The predicted octanol–water partition coefficient (Wildman–Crippen LogP) is -6.60. The summed E-state index contributed by atoms with van der Waals surface area (Å²) in [7, 11) is 0. The van der Waals surface area contributed by atoms with Gasteiger partial charge < -0.3 is 81.6 Å². The topological polar surface area (TPSA) is 484 Å².